The number of nitrogens with two attached hydrogens (primary N) is 1. The first-order valence-corrected chi connectivity index (χ1v) is 10.3. The number of amides is 3. The van der Waals surface area contributed by atoms with Crippen LogP contribution in [0, 0.1) is 20.2 Å². The highest BCUT2D eigenvalue weighted by Gasteiger charge is 2.24. The van der Waals surface area contributed by atoms with Crippen molar-refractivity contribution >= 4 is 29.5 Å². The Bertz CT molecular complexity index is 792. The van der Waals surface area contributed by atoms with Crippen LogP contribution in [0.1, 0.15) is 39.0 Å². The van der Waals surface area contributed by atoms with Crippen LogP contribution in [0.3, 0.4) is 0 Å². The number of nitrogens with zero attached hydrogens (tertiary/aromatic N) is 2. The molecule has 0 fully saturated rings. The van der Waals surface area contributed by atoms with Gasteiger partial charge in [-0.1, -0.05) is 0 Å². The largest absolute Gasteiger partial charge is 0.480 e. The Kier molecular flexibility index (Phi) is 14.6. The van der Waals surface area contributed by atoms with Crippen molar-refractivity contribution in [3.63, 3.8) is 0 Å². The maximum Gasteiger partial charge on any atom is 0.320 e. The minimum absolute atomic E-state index is 0.0107. The molecule has 0 aromatic rings. The summed E-state index contributed by atoms with van der Waals surface area (Å²) in [5.74, 6) is -4.41. The molecule has 0 aromatic carbocycles. The molecular formula is C17H28N6O12. The molecule has 0 aliphatic carbocycles. The third kappa shape index (κ3) is 15.4. The first-order chi connectivity index (χ1) is 16.3. The van der Waals surface area contributed by atoms with Gasteiger partial charge in [0, 0.05) is 26.4 Å². The highest BCUT2D eigenvalue weighted by molar-refractivity contribution is 6.35. The molecule has 35 heavy (non-hydrogen) atoms. The van der Waals surface area contributed by atoms with Crippen LogP contribution < -0.4 is 21.7 Å². The van der Waals surface area contributed by atoms with Gasteiger partial charge < -0.3 is 36.5 Å². The molecule has 6 N–H and O–H groups in total. The standard InChI is InChI=1S/C17H28N6O12/c1-10(24)15(26)21-13(4-2-3-7-19-14(25)6-5-12(18)17(28)29)16(27)20-8-11(35-23(32)33)9-34-22(30)31/h11-13H,2-9,18H2,1H3,(H,19,25)(H,20,27)(H,21,26)(H,28,29)/t11-,12-,13-/m0/s1. The molecule has 0 rings (SSSR count). The van der Waals surface area contributed by atoms with Gasteiger partial charge in [0.1, 0.15) is 24.8 Å². The molecule has 0 saturated heterocycles. The highest BCUT2D eigenvalue weighted by Crippen LogP contribution is 2.03. The molecule has 0 aliphatic heterocycles. The number of Topliss-reactive ketones (excluding diaryl/α,β-unsaturated/α-hetero) is 1. The van der Waals surface area contributed by atoms with Crippen molar-refractivity contribution in [2.24, 2.45) is 5.73 Å². The third-order valence-corrected chi connectivity index (χ3v) is 4.29. The number of ketones is 1. The predicted molar refractivity (Wildman–Crippen MR) is 112 cm³/mol. The molecule has 18 heteroatoms. The number of unbranched alkanes of at least 4 members (excludes halogenated alkanes) is 1. The quantitative estimate of drug-likeness (QED) is 0.0520. The fourth-order valence-electron chi connectivity index (χ4n) is 2.46. The van der Waals surface area contributed by atoms with E-state index in [1.54, 1.807) is 0 Å². The summed E-state index contributed by atoms with van der Waals surface area (Å²) in [4.78, 5) is 86.6. The summed E-state index contributed by atoms with van der Waals surface area (Å²) in [6.45, 7) is -0.274. The van der Waals surface area contributed by atoms with Gasteiger partial charge in [0.25, 0.3) is 16.1 Å². The number of carboxylic acids is 1. The molecule has 0 saturated carbocycles. The van der Waals surface area contributed by atoms with E-state index in [2.05, 4.69) is 25.6 Å². The lowest BCUT2D eigenvalue weighted by atomic mass is 10.1. The predicted octanol–water partition coefficient (Wildman–Crippen LogP) is -2.56. The molecule has 0 aromatic heterocycles. The molecule has 18 nitrogen and oxygen atoms in total. The molecule has 0 radical (unpaired) electrons. The second-order valence-electron chi connectivity index (χ2n) is 7.13. The number of hydrogen-bond acceptors (Lipinski definition) is 12. The lowest BCUT2D eigenvalue weighted by Gasteiger charge is -2.20. The first kappa shape index (κ1) is 30.9. The van der Waals surface area contributed by atoms with Gasteiger partial charge in [-0.2, -0.15) is 0 Å². The van der Waals surface area contributed by atoms with Crippen molar-refractivity contribution in [2.45, 2.75) is 57.2 Å². The first-order valence-electron chi connectivity index (χ1n) is 10.3. The van der Waals surface area contributed by atoms with Crippen LogP contribution in [0.2, 0.25) is 0 Å². The average Bonchev–Trinajstić information content (AvgIpc) is 2.77. The Labute approximate surface area is 198 Å². The summed E-state index contributed by atoms with van der Waals surface area (Å²) in [5, 5.41) is 34.0. The lowest BCUT2D eigenvalue weighted by molar-refractivity contribution is -0.789. The van der Waals surface area contributed by atoms with E-state index < -0.39 is 71.0 Å². The second kappa shape index (κ2) is 16.5. The summed E-state index contributed by atoms with van der Waals surface area (Å²) < 4.78 is 0. The average molecular weight is 508 g/mol. The van der Waals surface area contributed by atoms with Crippen molar-refractivity contribution in [1.82, 2.24) is 16.0 Å². The minimum atomic E-state index is -1.52. The number of carbonyl (C=O) groups excluding carboxylic acids is 4. The SMILES string of the molecule is CC(=O)C(=O)N[C@@H](CCCCNC(=O)CC[C@H](N)C(=O)O)C(=O)NC[C@@H](CO[N+](=O)[O-])O[N+](=O)[O-]. The zero-order valence-corrected chi connectivity index (χ0v) is 18.8. The Hall–Kier alpha value is -4.09. The summed E-state index contributed by atoms with van der Waals surface area (Å²) in [5.41, 5.74) is 5.31. The van der Waals surface area contributed by atoms with Gasteiger partial charge in [-0.3, -0.25) is 24.0 Å². The number of aliphatic carboxylic acids is 1. The van der Waals surface area contributed by atoms with Crippen molar-refractivity contribution < 1.29 is 48.9 Å². The molecule has 0 unspecified atom stereocenters. The second-order valence-corrected chi connectivity index (χ2v) is 7.13. The van der Waals surface area contributed by atoms with Gasteiger partial charge in [0.15, 0.2) is 0 Å². The topological polar surface area (TPSA) is 272 Å². The number of rotatable bonds is 19. The lowest BCUT2D eigenvalue weighted by Crippen LogP contribution is -2.50. The van der Waals surface area contributed by atoms with E-state index in [0.29, 0.717) is 6.42 Å². The maximum absolute atomic E-state index is 12.4. The van der Waals surface area contributed by atoms with E-state index in [-0.39, 0.29) is 32.2 Å². The number of carboxylic acid groups (broad SMARTS) is 1. The van der Waals surface area contributed by atoms with Gasteiger partial charge in [-0.05, 0) is 25.7 Å². The van der Waals surface area contributed by atoms with E-state index in [1.807, 2.05) is 0 Å². The van der Waals surface area contributed by atoms with Crippen molar-refractivity contribution in [3.05, 3.63) is 20.2 Å². The molecule has 0 spiro atoms. The Morgan fingerprint density at radius 2 is 1.69 bits per heavy atom. The Balaban J connectivity index is 4.72. The third-order valence-electron chi connectivity index (χ3n) is 4.29. The molecule has 3 atom stereocenters. The molecule has 0 heterocycles. The van der Waals surface area contributed by atoms with Gasteiger partial charge in [-0.25, -0.2) is 0 Å². The summed E-state index contributed by atoms with van der Waals surface area (Å²) >= 11 is 0. The highest BCUT2D eigenvalue weighted by atomic mass is 17.0. The van der Waals surface area contributed by atoms with Crippen molar-refractivity contribution in [2.75, 3.05) is 19.7 Å². The fraction of sp³-hybridized carbons (Fsp3) is 0.706. The maximum atomic E-state index is 12.4. The normalized spacial score (nSPS) is 12.9. The van der Waals surface area contributed by atoms with Crippen LogP contribution in [0.25, 0.3) is 0 Å². The number of nitrogens with one attached hydrogen (secondary N) is 3. The van der Waals surface area contributed by atoms with Crippen LogP contribution in [0.5, 0.6) is 0 Å². The smallest absolute Gasteiger partial charge is 0.320 e. The van der Waals surface area contributed by atoms with E-state index in [0.717, 1.165) is 6.92 Å². The molecule has 0 bridgehead atoms. The minimum Gasteiger partial charge on any atom is -0.480 e. The number of hydrogen-bond donors (Lipinski definition) is 5. The van der Waals surface area contributed by atoms with Gasteiger partial charge in [0.05, 0.1) is 0 Å². The summed E-state index contributed by atoms with van der Waals surface area (Å²) in [6.07, 6.45) is -1.02. The van der Waals surface area contributed by atoms with Crippen molar-refractivity contribution in [1.29, 1.82) is 0 Å². The van der Waals surface area contributed by atoms with Gasteiger partial charge in [-0.15, -0.1) is 20.2 Å². The van der Waals surface area contributed by atoms with Crippen LogP contribution in [-0.2, 0) is 33.6 Å². The van der Waals surface area contributed by atoms with E-state index >= 15 is 0 Å². The van der Waals surface area contributed by atoms with E-state index in [1.165, 1.54) is 0 Å². The monoisotopic (exact) mass is 508 g/mol. The molecule has 0 aliphatic rings. The van der Waals surface area contributed by atoms with Gasteiger partial charge >= 0.3 is 5.97 Å². The fourth-order valence-corrected chi connectivity index (χ4v) is 2.46. The zero-order valence-electron chi connectivity index (χ0n) is 18.8. The van der Waals surface area contributed by atoms with Crippen LogP contribution >= 0.6 is 0 Å². The zero-order chi connectivity index (χ0) is 27.0. The number of carbonyl (C=O) groups is 5. The van der Waals surface area contributed by atoms with Crippen molar-refractivity contribution in [3.8, 4) is 0 Å². The Morgan fingerprint density at radius 1 is 1.03 bits per heavy atom. The van der Waals surface area contributed by atoms with Gasteiger partial charge in [0.2, 0.25) is 17.6 Å². The van der Waals surface area contributed by atoms with E-state index in [4.69, 9.17) is 10.8 Å². The Morgan fingerprint density at radius 3 is 2.23 bits per heavy atom. The van der Waals surface area contributed by atoms with Crippen LogP contribution in [0.15, 0.2) is 0 Å². The summed E-state index contributed by atoms with van der Waals surface area (Å²) in [7, 11) is 0. The summed E-state index contributed by atoms with van der Waals surface area (Å²) in [6, 6.07) is -2.39. The van der Waals surface area contributed by atoms with Crippen LogP contribution in [-0.4, -0.2) is 82.6 Å². The molecule has 3 amide bonds. The molecular weight excluding hydrogens is 480 g/mol. The van der Waals surface area contributed by atoms with E-state index in [9.17, 15) is 44.2 Å². The molecule has 198 valence electrons. The van der Waals surface area contributed by atoms with Crippen LogP contribution in [0.4, 0.5) is 0 Å².